The zero-order chi connectivity index (χ0) is 18.4. The molecule has 2 aromatic rings. The van der Waals surface area contributed by atoms with Crippen LogP contribution in [0.2, 0.25) is 0 Å². The molecule has 0 saturated carbocycles. The molecule has 1 atom stereocenters. The summed E-state index contributed by atoms with van der Waals surface area (Å²) in [5.41, 5.74) is 0. The van der Waals surface area contributed by atoms with Crippen LogP contribution in [0.15, 0.2) is 58.0 Å². The summed E-state index contributed by atoms with van der Waals surface area (Å²) in [6.45, 7) is 3.63. The molecule has 0 radical (unpaired) electrons. The van der Waals surface area contributed by atoms with Crippen LogP contribution in [0.3, 0.4) is 0 Å². The molecule has 1 aromatic heterocycles. The van der Waals surface area contributed by atoms with Crippen LogP contribution in [0.5, 0.6) is 0 Å². The van der Waals surface area contributed by atoms with Crippen molar-refractivity contribution in [1.29, 1.82) is 0 Å². The Kier molecular flexibility index (Phi) is 6.39. The predicted molar refractivity (Wildman–Crippen MR) is 102 cm³/mol. The van der Waals surface area contributed by atoms with Crippen LogP contribution in [-0.4, -0.2) is 35.1 Å². The van der Waals surface area contributed by atoms with Crippen molar-refractivity contribution in [3.8, 4) is 0 Å². The lowest BCUT2D eigenvalue weighted by atomic mass is 9.95. The molecule has 138 valence electrons. The van der Waals surface area contributed by atoms with E-state index in [-0.39, 0.29) is 23.0 Å². The third-order valence-electron chi connectivity index (χ3n) is 4.60. The molecule has 2 heterocycles. The van der Waals surface area contributed by atoms with E-state index in [4.69, 9.17) is 4.42 Å². The number of amides is 2. The molecule has 1 fully saturated rings. The average Bonchev–Trinajstić information content (AvgIpc) is 3.20. The maximum absolute atomic E-state index is 12.7. The van der Waals surface area contributed by atoms with Gasteiger partial charge in [0.05, 0.1) is 18.1 Å². The molecular formula is C20H24N2O3S. The first-order chi connectivity index (χ1) is 12.6. The molecule has 1 unspecified atom stereocenters. The Morgan fingerprint density at radius 1 is 1.19 bits per heavy atom. The quantitative estimate of drug-likeness (QED) is 0.790. The second-order valence-corrected chi connectivity index (χ2v) is 7.88. The number of likely N-dealkylation sites (tertiary alicyclic amines) is 1. The molecule has 1 aromatic carbocycles. The summed E-state index contributed by atoms with van der Waals surface area (Å²) in [5.74, 6) is 0.900. The minimum Gasteiger partial charge on any atom is -0.467 e. The number of thioether (sulfide) groups is 1. The largest absolute Gasteiger partial charge is 0.467 e. The fourth-order valence-electron chi connectivity index (χ4n) is 3.10. The molecule has 1 aliphatic heterocycles. The number of rotatable bonds is 6. The topological polar surface area (TPSA) is 62.6 Å². The van der Waals surface area contributed by atoms with Gasteiger partial charge in [0, 0.05) is 23.9 Å². The lowest BCUT2D eigenvalue weighted by Gasteiger charge is -2.32. The predicted octanol–water partition coefficient (Wildman–Crippen LogP) is 3.32. The fourth-order valence-corrected chi connectivity index (χ4v) is 4.08. The zero-order valence-electron chi connectivity index (χ0n) is 14.9. The highest BCUT2D eigenvalue weighted by Gasteiger charge is 2.29. The number of hydrogen-bond donors (Lipinski definition) is 1. The molecule has 0 spiro atoms. The van der Waals surface area contributed by atoms with Crippen molar-refractivity contribution in [1.82, 2.24) is 10.2 Å². The summed E-state index contributed by atoms with van der Waals surface area (Å²) >= 11 is 1.58. The van der Waals surface area contributed by atoms with Gasteiger partial charge in [0.2, 0.25) is 11.8 Å². The van der Waals surface area contributed by atoms with E-state index in [1.807, 2.05) is 48.2 Å². The minimum absolute atomic E-state index is 0.0360. The van der Waals surface area contributed by atoms with Gasteiger partial charge in [0.1, 0.15) is 5.76 Å². The number of benzene rings is 1. The molecule has 5 nitrogen and oxygen atoms in total. The number of carbonyl (C=O) groups excluding carboxylic acids is 2. The lowest BCUT2D eigenvalue weighted by molar-refractivity contribution is -0.135. The van der Waals surface area contributed by atoms with Gasteiger partial charge in [-0.2, -0.15) is 0 Å². The molecule has 1 saturated heterocycles. The van der Waals surface area contributed by atoms with E-state index in [0.29, 0.717) is 32.5 Å². The maximum Gasteiger partial charge on any atom is 0.235 e. The molecule has 26 heavy (non-hydrogen) atoms. The first-order valence-corrected chi connectivity index (χ1v) is 9.82. The molecule has 0 bridgehead atoms. The number of nitrogens with one attached hydrogen (secondary N) is 1. The monoisotopic (exact) mass is 372 g/mol. The zero-order valence-corrected chi connectivity index (χ0v) is 15.7. The van der Waals surface area contributed by atoms with Crippen LogP contribution in [0.1, 0.15) is 25.5 Å². The van der Waals surface area contributed by atoms with E-state index in [1.54, 1.807) is 24.1 Å². The highest BCUT2D eigenvalue weighted by atomic mass is 32.2. The normalized spacial score (nSPS) is 16.3. The molecule has 1 N–H and O–H groups in total. The van der Waals surface area contributed by atoms with Crippen LogP contribution < -0.4 is 5.32 Å². The Morgan fingerprint density at radius 2 is 1.92 bits per heavy atom. The molecule has 3 rings (SSSR count). The van der Waals surface area contributed by atoms with Gasteiger partial charge >= 0.3 is 0 Å². The van der Waals surface area contributed by atoms with E-state index >= 15 is 0 Å². The summed E-state index contributed by atoms with van der Waals surface area (Å²) in [7, 11) is 0. The van der Waals surface area contributed by atoms with Crippen molar-refractivity contribution in [2.45, 2.75) is 36.5 Å². The van der Waals surface area contributed by atoms with Crippen LogP contribution in [0.25, 0.3) is 0 Å². The van der Waals surface area contributed by atoms with Gasteiger partial charge < -0.3 is 14.6 Å². The van der Waals surface area contributed by atoms with E-state index in [9.17, 15) is 9.59 Å². The number of piperidine rings is 1. The van der Waals surface area contributed by atoms with E-state index in [0.717, 1.165) is 10.7 Å². The van der Waals surface area contributed by atoms with Gasteiger partial charge in [-0.3, -0.25) is 9.59 Å². The third-order valence-corrected chi connectivity index (χ3v) is 5.70. The third kappa shape index (κ3) is 4.91. The maximum atomic E-state index is 12.7. The van der Waals surface area contributed by atoms with Crippen LogP contribution in [-0.2, 0) is 16.1 Å². The second-order valence-electron chi connectivity index (χ2n) is 6.47. The SMILES string of the molecule is CC(Sc1ccccc1)C(=O)N1CCC(C(=O)NCc2ccco2)CC1. The van der Waals surface area contributed by atoms with Gasteiger partial charge in [-0.05, 0) is 44.0 Å². The van der Waals surface area contributed by atoms with Crippen molar-refractivity contribution >= 4 is 23.6 Å². The lowest BCUT2D eigenvalue weighted by Crippen LogP contribution is -2.45. The summed E-state index contributed by atoms with van der Waals surface area (Å²) in [5, 5.41) is 2.79. The average molecular weight is 372 g/mol. The Bertz CT molecular complexity index is 710. The van der Waals surface area contributed by atoms with Gasteiger partial charge in [-0.15, -0.1) is 11.8 Å². The van der Waals surface area contributed by atoms with Gasteiger partial charge in [0.15, 0.2) is 0 Å². The molecule has 2 amide bonds. The number of carbonyl (C=O) groups is 2. The highest BCUT2D eigenvalue weighted by Crippen LogP contribution is 2.26. The van der Waals surface area contributed by atoms with Crippen molar-refractivity contribution in [3.05, 3.63) is 54.5 Å². The Labute approximate surface area is 158 Å². The van der Waals surface area contributed by atoms with Crippen molar-refractivity contribution in [2.24, 2.45) is 5.92 Å². The Morgan fingerprint density at radius 3 is 2.58 bits per heavy atom. The highest BCUT2D eigenvalue weighted by molar-refractivity contribution is 8.00. The van der Waals surface area contributed by atoms with Crippen LogP contribution in [0, 0.1) is 5.92 Å². The van der Waals surface area contributed by atoms with Gasteiger partial charge in [-0.25, -0.2) is 0 Å². The van der Waals surface area contributed by atoms with Gasteiger partial charge in [-0.1, -0.05) is 18.2 Å². The molecular weight excluding hydrogens is 348 g/mol. The van der Waals surface area contributed by atoms with E-state index in [2.05, 4.69) is 5.32 Å². The second kappa shape index (κ2) is 8.94. The van der Waals surface area contributed by atoms with Crippen molar-refractivity contribution < 1.29 is 14.0 Å². The van der Waals surface area contributed by atoms with E-state index < -0.39 is 0 Å². The minimum atomic E-state index is -0.123. The Hall–Kier alpha value is -2.21. The molecule has 1 aliphatic rings. The molecule has 6 heteroatoms. The summed E-state index contributed by atoms with van der Waals surface area (Å²) in [6, 6.07) is 13.6. The van der Waals surface area contributed by atoms with Gasteiger partial charge in [0.25, 0.3) is 0 Å². The summed E-state index contributed by atoms with van der Waals surface area (Å²) in [4.78, 5) is 27.9. The van der Waals surface area contributed by atoms with Crippen molar-refractivity contribution in [2.75, 3.05) is 13.1 Å². The Balaban J connectivity index is 1.43. The number of nitrogens with zero attached hydrogens (tertiary/aromatic N) is 1. The summed E-state index contributed by atoms with van der Waals surface area (Å²) < 4.78 is 5.22. The standard InChI is InChI=1S/C20H24N2O3S/c1-15(26-18-7-3-2-4-8-18)20(24)22-11-9-16(10-12-22)19(23)21-14-17-6-5-13-25-17/h2-8,13,15-16H,9-12,14H2,1H3,(H,21,23). The fraction of sp³-hybridized carbons (Fsp3) is 0.400. The van der Waals surface area contributed by atoms with Crippen LogP contribution >= 0.6 is 11.8 Å². The first kappa shape index (κ1) is 18.6. The number of furan rings is 1. The smallest absolute Gasteiger partial charge is 0.235 e. The summed E-state index contributed by atoms with van der Waals surface area (Å²) in [6.07, 6.45) is 3.01. The number of hydrogen-bond acceptors (Lipinski definition) is 4. The van der Waals surface area contributed by atoms with Crippen LogP contribution in [0.4, 0.5) is 0 Å². The first-order valence-electron chi connectivity index (χ1n) is 8.94. The molecule has 0 aliphatic carbocycles. The van der Waals surface area contributed by atoms with E-state index in [1.165, 1.54) is 0 Å². The van der Waals surface area contributed by atoms with Crippen molar-refractivity contribution in [3.63, 3.8) is 0 Å².